The molecule has 1 saturated heterocycles. The smallest absolute Gasteiger partial charge is 0.248 e. The average molecular weight is 268 g/mol. The number of nitrogens with one attached hydrogen (secondary N) is 2. The zero-order valence-electron chi connectivity index (χ0n) is 9.70. The third kappa shape index (κ3) is 2.80. The summed E-state index contributed by atoms with van der Waals surface area (Å²) in [7, 11) is 0. The molecule has 0 aliphatic carbocycles. The first-order chi connectivity index (χ1) is 8.58. The van der Waals surface area contributed by atoms with E-state index in [9.17, 15) is 9.59 Å². The summed E-state index contributed by atoms with van der Waals surface area (Å²) < 4.78 is 0. The monoisotopic (exact) mass is 267 g/mol. The molecule has 5 nitrogen and oxygen atoms in total. The summed E-state index contributed by atoms with van der Waals surface area (Å²) in [6.45, 7) is 0.840. The van der Waals surface area contributed by atoms with E-state index in [4.69, 9.17) is 17.3 Å². The number of benzene rings is 1. The molecule has 0 radical (unpaired) electrons. The molecule has 2 rings (SSSR count). The van der Waals surface area contributed by atoms with E-state index >= 15 is 0 Å². The van der Waals surface area contributed by atoms with Gasteiger partial charge in [0.05, 0.1) is 16.8 Å². The summed E-state index contributed by atoms with van der Waals surface area (Å²) in [6, 6.07) is 4.35. The fourth-order valence-electron chi connectivity index (χ4n) is 1.90. The summed E-state index contributed by atoms with van der Waals surface area (Å²) in [5.74, 6) is -0.697. The van der Waals surface area contributed by atoms with Crippen LogP contribution in [0, 0.1) is 0 Å². The first-order valence-corrected chi connectivity index (χ1v) is 6.09. The lowest BCUT2D eigenvalue weighted by Crippen LogP contribution is -2.35. The largest absolute Gasteiger partial charge is 0.366 e. The van der Waals surface area contributed by atoms with E-state index < -0.39 is 5.91 Å². The molecule has 4 N–H and O–H groups in total. The molecule has 2 amide bonds. The molecule has 1 unspecified atom stereocenters. The molecular weight excluding hydrogens is 254 g/mol. The molecule has 0 saturated carbocycles. The standard InChI is InChI=1S/C12H14ClN3O2/c13-8-4-3-7(11(14)17)6-10(8)16-12(18)9-2-1-5-15-9/h3-4,6,9,15H,1-2,5H2,(H2,14,17)(H,16,18). The maximum Gasteiger partial charge on any atom is 0.248 e. The highest BCUT2D eigenvalue weighted by molar-refractivity contribution is 6.34. The number of halogens is 1. The summed E-state index contributed by atoms with van der Waals surface area (Å²) in [5.41, 5.74) is 5.90. The molecule has 1 aliphatic heterocycles. The van der Waals surface area contributed by atoms with Crippen molar-refractivity contribution in [3.63, 3.8) is 0 Å². The van der Waals surface area contributed by atoms with Crippen LogP contribution in [0.1, 0.15) is 23.2 Å². The van der Waals surface area contributed by atoms with Crippen LogP contribution in [0.3, 0.4) is 0 Å². The van der Waals surface area contributed by atoms with Crippen molar-refractivity contribution < 1.29 is 9.59 Å². The van der Waals surface area contributed by atoms with Gasteiger partial charge in [0, 0.05) is 5.56 Å². The summed E-state index contributed by atoms with van der Waals surface area (Å²) in [6.07, 6.45) is 1.78. The number of anilines is 1. The first-order valence-electron chi connectivity index (χ1n) is 5.71. The highest BCUT2D eigenvalue weighted by Gasteiger charge is 2.22. The topological polar surface area (TPSA) is 84.2 Å². The van der Waals surface area contributed by atoms with E-state index in [0.717, 1.165) is 19.4 Å². The third-order valence-electron chi connectivity index (χ3n) is 2.89. The van der Waals surface area contributed by atoms with E-state index in [1.54, 1.807) is 6.07 Å². The van der Waals surface area contributed by atoms with E-state index in [-0.39, 0.29) is 11.9 Å². The van der Waals surface area contributed by atoms with Gasteiger partial charge in [0.25, 0.3) is 0 Å². The fraction of sp³-hybridized carbons (Fsp3) is 0.333. The van der Waals surface area contributed by atoms with Gasteiger partial charge in [-0.3, -0.25) is 9.59 Å². The van der Waals surface area contributed by atoms with Crippen LogP contribution in [0.5, 0.6) is 0 Å². The Labute approximate surface area is 110 Å². The van der Waals surface area contributed by atoms with Crippen molar-refractivity contribution in [2.24, 2.45) is 5.73 Å². The Bertz CT molecular complexity index is 484. The molecule has 1 heterocycles. The summed E-state index contributed by atoms with van der Waals surface area (Å²) in [5, 5.41) is 6.17. The zero-order chi connectivity index (χ0) is 13.1. The number of hydrogen-bond acceptors (Lipinski definition) is 3. The maximum absolute atomic E-state index is 11.9. The van der Waals surface area contributed by atoms with Crippen molar-refractivity contribution in [3.05, 3.63) is 28.8 Å². The maximum atomic E-state index is 11.9. The van der Waals surface area contributed by atoms with Gasteiger partial charge in [0.1, 0.15) is 0 Å². The van der Waals surface area contributed by atoms with Crippen LogP contribution in [0.4, 0.5) is 5.69 Å². The van der Waals surface area contributed by atoms with E-state index in [1.165, 1.54) is 12.1 Å². The predicted molar refractivity (Wildman–Crippen MR) is 69.6 cm³/mol. The van der Waals surface area contributed by atoms with Gasteiger partial charge in [0.2, 0.25) is 11.8 Å². The van der Waals surface area contributed by atoms with Crippen LogP contribution in [0.25, 0.3) is 0 Å². The lowest BCUT2D eigenvalue weighted by molar-refractivity contribution is -0.117. The van der Waals surface area contributed by atoms with Gasteiger partial charge in [-0.1, -0.05) is 11.6 Å². The molecule has 1 atom stereocenters. The number of nitrogens with two attached hydrogens (primary N) is 1. The second kappa shape index (κ2) is 5.37. The first kappa shape index (κ1) is 12.9. The molecule has 1 aliphatic rings. The number of hydrogen-bond donors (Lipinski definition) is 3. The van der Waals surface area contributed by atoms with Crippen molar-refractivity contribution >= 4 is 29.1 Å². The van der Waals surface area contributed by atoms with Gasteiger partial charge in [-0.25, -0.2) is 0 Å². The number of primary amides is 1. The molecule has 1 aromatic rings. The molecule has 1 fully saturated rings. The lowest BCUT2D eigenvalue weighted by atomic mass is 10.1. The van der Waals surface area contributed by atoms with Gasteiger partial charge < -0.3 is 16.4 Å². The number of amides is 2. The van der Waals surface area contributed by atoms with Crippen LogP contribution in [-0.2, 0) is 4.79 Å². The molecule has 0 bridgehead atoms. The highest BCUT2D eigenvalue weighted by Crippen LogP contribution is 2.23. The number of carbonyl (C=O) groups is 2. The van der Waals surface area contributed by atoms with Crippen molar-refractivity contribution in [2.75, 3.05) is 11.9 Å². The number of rotatable bonds is 3. The Kier molecular flexibility index (Phi) is 3.84. The quantitative estimate of drug-likeness (QED) is 0.768. The van der Waals surface area contributed by atoms with Gasteiger partial charge in [0.15, 0.2) is 0 Å². The summed E-state index contributed by atoms with van der Waals surface area (Å²) in [4.78, 5) is 23.0. The second-order valence-electron chi connectivity index (χ2n) is 4.20. The normalized spacial score (nSPS) is 18.6. The van der Waals surface area contributed by atoms with Crippen molar-refractivity contribution in [1.29, 1.82) is 0 Å². The Morgan fingerprint density at radius 2 is 2.22 bits per heavy atom. The minimum Gasteiger partial charge on any atom is -0.366 e. The lowest BCUT2D eigenvalue weighted by Gasteiger charge is -2.12. The molecule has 0 aromatic heterocycles. The van der Waals surface area contributed by atoms with Gasteiger partial charge in [-0.15, -0.1) is 0 Å². The van der Waals surface area contributed by atoms with Crippen LogP contribution >= 0.6 is 11.6 Å². The molecular formula is C12H14ClN3O2. The Morgan fingerprint density at radius 3 is 2.83 bits per heavy atom. The van der Waals surface area contributed by atoms with Crippen molar-refractivity contribution in [3.8, 4) is 0 Å². The molecule has 18 heavy (non-hydrogen) atoms. The number of carbonyl (C=O) groups excluding carboxylic acids is 2. The van der Waals surface area contributed by atoms with E-state index in [0.29, 0.717) is 16.3 Å². The fourth-order valence-corrected chi connectivity index (χ4v) is 2.07. The second-order valence-corrected chi connectivity index (χ2v) is 4.60. The van der Waals surface area contributed by atoms with Crippen LogP contribution in [0.15, 0.2) is 18.2 Å². The Balaban J connectivity index is 2.14. The van der Waals surface area contributed by atoms with Gasteiger partial charge in [-0.05, 0) is 37.6 Å². The van der Waals surface area contributed by atoms with Crippen molar-refractivity contribution in [1.82, 2.24) is 5.32 Å². The van der Waals surface area contributed by atoms with Crippen LogP contribution in [0.2, 0.25) is 5.02 Å². The highest BCUT2D eigenvalue weighted by atomic mass is 35.5. The van der Waals surface area contributed by atoms with Crippen LogP contribution in [-0.4, -0.2) is 24.4 Å². The Morgan fingerprint density at radius 1 is 1.44 bits per heavy atom. The molecule has 96 valence electrons. The third-order valence-corrected chi connectivity index (χ3v) is 3.22. The minimum atomic E-state index is -0.554. The summed E-state index contributed by atoms with van der Waals surface area (Å²) >= 11 is 5.96. The average Bonchev–Trinajstić information content (AvgIpc) is 2.85. The minimum absolute atomic E-state index is 0.143. The predicted octanol–water partition coefficient (Wildman–Crippen LogP) is 1.13. The van der Waals surface area contributed by atoms with Crippen molar-refractivity contribution in [2.45, 2.75) is 18.9 Å². The molecule has 1 aromatic carbocycles. The zero-order valence-corrected chi connectivity index (χ0v) is 10.5. The molecule has 0 spiro atoms. The SMILES string of the molecule is NC(=O)c1ccc(Cl)c(NC(=O)C2CCCN2)c1. The Hall–Kier alpha value is -1.59. The molecule has 6 heteroatoms. The van der Waals surface area contributed by atoms with Crippen LogP contribution < -0.4 is 16.4 Å². The van der Waals surface area contributed by atoms with Gasteiger partial charge >= 0.3 is 0 Å². The van der Waals surface area contributed by atoms with E-state index in [2.05, 4.69) is 10.6 Å². The van der Waals surface area contributed by atoms with Gasteiger partial charge in [-0.2, -0.15) is 0 Å². The van der Waals surface area contributed by atoms with E-state index in [1.807, 2.05) is 0 Å².